The third-order valence-electron chi connectivity index (χ3n) is 6.70. The molecule has 0 bridgehead atoms. The van der Waals surface area contributed by atoms with Crippen molar-refractivity contribution in [1.82, 2.24) is 5.48 Å². The first-order valence-corrected chi connectivity index (χ1v) is 15.6. The van der Waals surface area contributed by atoms with Gasteiger partial charge in [-0.3, -0.25) is 10.7 Å². The van der Waals surface area contributed by atoms with Crippen molar-refractivity contribution >= 4 is 33.0 Å². The lowest BCUT2D eigenvalue weighted by molar-refractivity contribution is 0.215. The molecule has 0 radical (unpaired) electrons. The molecule has 6 nitrogen and oxygen atoms in total. The third-order valence-corrected chi connectivity index (χ3v) is 7.91. The van der Waals surface area contributed by atoms with E-state index in [4.69, 9.17) is 21.9 Å². The molecule has 0 aliphatic carbocycles. The van der Waals surface area contributed by atoms with E-state index in [-0.39, 0.29) is 10.8 Å². The van der Waals surface area contributed by atoms with Crippen molar-refractivity contribution in [2.45, 2.75) is 44.4 Å². The second kappa shape index (κ2) is 15.4. The first kappa shape index (κ1) is 32.6. The van der Waals surface area contributed by atoms with Crippen LogP contribution in [-0.2, 0) is 10.0 Å². The Morgan fingerprint density at radius 3 is 2.29 bits per heavy atom. The van der Waals surface area contributed by atoms with Crippen molar-refractivity contribution in [3.05, 3.63) is 137 Å². The number of nitrogens with two attached hydrogens (primary N) is 1. The molecule has 0 aliphatic rings. The van der Waals surface area contributed by atoms with Gasteiger partial charge in [0.25, 0.3) is 0 Å². The molecule has 4 aromatic carbocycles. The summed E-state index contributed by atoms with van der Waals surface area (Å²) in [5, 5.41) is 17.2. The molecule has 0 spiro atoms. The molecule has 1 atom stereocenters. The van der Waals surface area contributed by atoms with Crippen LogP contribution in [0, 0.1) is 6.92 Å². The smallest absolute Gasteiger partial charge is 0.238 e. The summed E-state index contributed by atoms with van der Waals surface area (Å²) >= 11 is 6.51. The van der Waals surface area contributed by atoms with Gasteiger partial charge in [-0.25, -0.2) is 13.6 Å². The van der Waals surface area contributed by atoms with Crippen LogP contribution in [0.1, 0.15) is 54.9 Å². The minimum absolute atomic E-state index is 0.109. The van der Waals surface area contributed by atoms with Crippen molar-refractivity contribution in [3.8, 4) is 11.1 Å². The number of allylic oxidation sites excluding steroid dienone is 1. The molecule has 0 fully saturated rings. The molecule has 1 unspecified atom stereocenters. The normalized spacial score (nSPS) is 12.1. The summed E-state index contributed by atoms with van der Waals surface area (Å²) in [4.78, 5) is 0.109. The van der Waals surface area contributed by atoms with E-state index in [2.05, 4.69) is 69.1 Å². The van der Waals surface area contributed by atoms with Crippen LogP contribution in [0.5, 0.6) is 0 Å². The number of benzene rings is 4. The average Bonchev–Trinajstić information content (AvgIpc) is 2.98. The van der Waals surface area contributed by atoms with E-state index < -0.39 is 10.0 Å². The summed E-state index contributed by atoms with van der Waals surface area (Å²) in [5.74, 6) is 0.223. The number of halogens is 1. The minimum Gasteiger partial charge on any atom is -0.355 e. The van der Waals surface area contributed by atoms with Gasteiger partial charge in [0.2, 0.25) is 10.0 Å². The van der Waals surface area contributed by atoms with Gasteiger partial charge < -0.3 is 5.32 Å². The molecular weight excluding hydrogens is 566 g/mol. The molecule has 0 heterocycles. The maximum Gasteiger partial charge on any atom is 0.238 e. The summed E-state index contributed by atoms with van der Waals surface area (Å²) in [6.45, 7) is 9.55. The van der Waals surface area contributed by atoms with Crippen LogP contribution in [0.15, 0.2) is 115 Å². The van der Waals surface area contributed by atoms with Gasteiger partial charge in [0.1, 0.15) is 0 Å². The molecule has 0 aliphatic heterocycles. The molecule has 0 saturated carbocycles. The highest BCUT2D eigenvalue weighted by Gasteiger charge is 2.19. The quantitative estimate of drug-likeness (QED) is 0.136. The van der Waals surface area contributed by atoms with E-state index in [1.165, 1.54) is 29.0 Å². The first-order chi connectivity index (χ1) is 20.1. The monoisotopic (exact) mass is 603 g/mol. The van der Waals surface area contributed by atoms with Crippen molar-refractivity contribution in [1.29, 1.82) is 0 Å². The van der Waals surface area contributed by atoms with Gasteiger partial charge in [-0.2, -0.15) is 0 Å². The lowest BCUT2D eigenvalue weighted by Gasteiger charge is -2.23. The molecule has 42 heavy (non-hydrogen) atoms. The predicted molar refractivity (Wildman–Crippen MR) is 175 cm³/mol. The number of hydrogen-bond donors (Lipinski definition) is 4. The summed E-state index contributed by atoms with van der Waals surface area (Å²) < 4.78 is 24.2. The van der Waals surface area contributed by atoms with E-state index in [0.29, 0.717) is 10.6 Å². The van der Waals surface area contributed by atoms with E-state index in [1.54, 1.807) is 23.7 Å². The van der Waals surface area contributed by atoms with Crippen LogP contribution in [0.25, 0.3) is 16.8 Å². The zero-order chi connectivity index (χ0) is 30.7. The Morgan fingerprint density at radius 2 is 1.69 bits per heavy atom. The Balaban J connectivity index is 0.00000114. The maximum absolute atomic E-state index is 12.1. The van der Waals surface area contributed by atoms with E-state index in [0.717, 1.165) is 35.4 Å². The number of rotatable bonds is 10. The lowest BCUT2D eigenvalue weighted by atomic mass is 9.84. The summed E-state index contributed by atoms with van der Waals surface area (Å²) in [6.07, 6.45) is 5.15. The minimum atomic E-state index is -3.84. The van der Waals surface area contributed by atoms with Crippen LogP contribution in [0.2, 0.25) is 5.02 Å². The summed E-state index contributed by atoms with van der Waals surface area (Å²) in [5.41, 5.74) is 9.71. The number of aryl methyl sites for hydroxylation is 1. The second-order valence-electron chi connectivity index (χ2n) is 9.71. The highest BCUT2D eigenvalue weighted by molar-refractivity contribution is 7.89. The number of hydrogen-bond acceptors (Lipinski definition) is 5. The molecule has 220 valence electrons. The first-order valence-electron chi connectivity index (χ1n) is 13.7. The average molecular weight is 604 g/mol. The number of hydroxylamine groups is 1. The molecule has 5 N–H and O–H groups in total. The molecule has 4 aromatic rings. The van der Waals surface area contributed by atoms with E-state index >= 15 is 0 Å². The zero-order valence-electron chi connectivity index (χ0n) is 24.1. The van der Waals surface area contributed by atoms with Gasteiger partial charge in [0.15, 0.2) is 0 Å². The standard InChI is InChI=1S/C32H33ClN2O2S.C2H5NO/c1-4-9-31(30-21-25(33)16-19-29(30)27(5-2)24-11-8-10-22(3)20-24)35-26-17-14-23(15-18-26)28-12-6-7-13-32(28)38(34,36)37;1-2-3-4/h6-21,27,35H,4-5H2,1-3H3,(H2,34,36,37);2-4H,1H2. The molecule has 8 heteroatoms. The molecule has 0 saturated heterocycles. The Kier molecular flexibility index (Phi) is 11.9. The fraction of sp³-hybridized carbons (Fsp3) is 0.176. The zero-order valence-corrected chi connectivity index (χ0v) is 25.7. The Hall–Kier alpha value is -3.88. The highest BCUT2D eigenvalue weighted by Crippen LogP contribution is 2.36. The van der Waals surface area contributed by atoms with Gasteiger partial charge in [-0.15, -0.1) is 0 Å². The number of sulfonamides is 1. The van der Waals surface area contributed by atoms with Gasteiger partial charge in [-0.1, -0.05) is 104 Å². The van der Waals surface area contributed by atoms with Gasteiger partial charge in [-0.05, 0) is 66.8 Å². The van der Waals surface area contributed by atoms with Gasteiger partial charge >= 0.3 is 0 Å². The Bertz CT molecular complexity index is 1630. The summed E-state index contributed by atoms with van der Waals surface area (Å²) in [7, 11) is -3.84. The van der Waals surface area contributed by atoms with E-state index in [1.807, 2.05) is 36.4 Å². The molecule has 0 aromatic heterocycles. The van der Waals surface area contributed by atoms with Gasteiger partial charge in [0.05, 0.1) is 4.90 Å². The second-order valence-corrected chi connectivity index (χ2v) is 11.7. The molecular formula is C34H38ClN3O3S. The van der Waals surface area contributed by atoms with Gasteiger partial charge in [0, 0.05) is 39.7 Å². The molecule has 4 rings (SSSR count). The van der Waals surface area contributed by atoms with Crippen molar-refractivity contribution in [3.63, 3.8) is 0 Å². The lowest BCUT2D eigenvalue weighted by Crippen LogP contribution is -2.13. The Labute approximate surface area is 254 Å². The third kappa shape index (κ3) is 8.57. The highest BCUT2D eigenvalue weighted by atomic mass is 35.5. The topological polar surface area (TPSA) is 104 Å². The van der Waals surface area contributed by atoms with E-state index in [9.17, 15) is 8.42 Å². The number of primary sulfonamides is 1. The van der Waals surface area contributed by atoms with Crippen molar-refractivity contribution in [2.24, 2.45) is 5.14 Å². The van der Waals surface area contributed by atoms with Crippen LogP contribution >= 0.6 is 11.6 Å². The summed E-state index contributed by atoms with van der Waals surface area (Å²) in [6, 6.07) is 29.2. The largest absolute Gasteiger partial charge is 0.355 e. The fourth-order valence-electron chi connectivity index (χ4n) is 4.86. The molecule has 0 amide bonds. The van der Waals surface area contributed by atoms with Crippen LogP contribution in [0.4, 0.5) is 5.69 Å². The van der Waals surface area contributed by atoms with Crippen LogP contribution in [0.3, 0.4) is 0 Å². The number of nitrogens with one attached hydrogen (secondary N) is 2. The van der Waals surface area contributed by atoms with Crippen molar-refractivity contribution < 1.29 is 13.6 Å². The maximum atomic E-state index is 12.1. The SMILES string of the molecule is C=CNO.CCC=C(Nc1ccc(-c2ccccc2S(N)(=O)=O)cc1)c1cc(Cl)ccc1C(CC)c1cccc(C)c1. The number of anilines is 1. The Morgan fingerprint density at radius 1 is 1.00 bits per heavy atom. The predicted octanol–water partition coefficient (Wildman–Crippen LogP) is 8.48. The van der Waals surface area contributed by atoms with Crippen molar-refractivity contribution in [2.75, 3.05) is 5.32 Å². The van der Waals surface area contributed by atoms with Crippen LogP contribution in [-0.4, -0.2) is 13.6 Å². The van der Waals surface area contributed by atoms with Crippen LogP contribution < -0.4 is 15.9 Å². The fourth-order valence-corrected chi connectivity index (χ4v) is 5.79.